The molecular formula is C15H14BrClFNO. The van der Waals surface area contributed by atoms with Crippen molar-refractivity contribution in [2.45, 2.75) is 19.8 Å². The summed E-state index contributed by atoms with van der Waals surface area (Å²) in [5.41, 5.74) is 7.12. The second-order valence-corrected chi connectivity index (χ2v) is 6.07. The molecule has 2 aromatic carbocycles. The van der Waals surface area contributed by atoms with Gasteiger partial charge in [0.2, 0.25) is 0 Å². The van der Waals surface area contributed by atoms with Crippen LogP contribution < -0.4 is 10.5 Å². The fourth-order valence-corrected chi connectivity index (χ4v) is 2.37. The summed E-state index contributed by atoms with van der Waals surface area (Å²) in [6.45, 7) is 4.11. The minimum atomic E-state index is -0.556. The van der Waals surface area contributed by atoms with Crippen molar-refractivity contribution in [3.8, 4) is 11.5 Å². The zero-order chi connectivity index (χ0) is 14.9. The van der Waals surface area contributed by atoms with E-state index in [1.165, 1.54) is 12.1 Å². The lowest BCUT2D eigenvalue weighted by Gasteiger charge is -2.15. The van der Waals surface area contributed by atoms with Crippen molar-refractivity contribution in [2.24, 2.45) is 0 Å². The van der Waals surface area contributed by atoms with E-state index in [1.54, 1.807) is 0 Å². The minimum absolute atomic E-state index is 0.0188. The van der Waals surface area contributed by atoms with Crippen LogP contribution in [0.15, 0.2) is 34.8 Å². The first-order valence-electron chi connectivity index (χ1n) is 6.10. The Morgan fingerprint density at radius 2 is 1.90 bits per heavy atom. The van der Waals surface area contributed by atoms with Gasteiger partial charge in [-0.25, -0.2) is 4.39 Å². The van der Waals surface area contributed by atoms with Crippen molar-refractivity contribution in [3.63, 3.8) is 0 Å². The van der Waals surface area contributed by atoms with E-state index in [1.807, 2.05) is 18.2 Å². The number of hydrogen-bond donors (Lipinski definition) is 1. The molecule has 2 rings (SSSR count). The van der Waals surface area contributed by atoms with Crippen LogP contribution in [0.5, 0.6) is 11.5 Å². The normalized spacial score (nSPS) is 10.9. The summed E-state index contributed by atoms with van der Waals surface area (Å²) in [4.78, 5) is 0. The molecule has 0 spiro atoms. The van der Waals surface area contributed by atoms with E-state index in [0.29, 0.717) is 11.4 Å². The van der Waals surface area contributed by atoms with E-state index in [4.69, 9.17) is 22.1 Å². The molecule has 0 aliphatic heterocycles. The van der Waals surface area contributed by atoms with Crippen molar-refractivity contribution in [1.82, 2.24) is 0 Å². The zero-order valence-electron chi connectivity index (χ0n) is 11.1. The Morgan fingerprint density at radius 3 is 2.55 bits per heavy atom. The third-order valence-corrected chi connectivity index (χ3v) is 3.65. The molecule has 0 aromatic heterocycles. The van der Waals surface area contributed by atoms with Crippen LogP contribution in [-0.4, -0.2) is 0 Å². The number of halogens is 3. The number of anilines is 1. The molecule has 0 aliphatic carbocycles. The van der Waals surface area contributed by atoms with Crippen LogP contribution in [0, 0.1) is 5.82 Å². The van der Waals surface area contributed by atoms with Gasteiger partial charge in [-0.1, -0.05) is 41.4 Å². The van der Waals surface area contributed by atoms with Crippen molar-refractivity contribution >= 4 is 33.2 Å². The minimum Gasteiger partial charge on any atom is -0.455 e. The fraction of sp³-hybridized carbons (Fsp3) is 0.200. The molecule has 0 saturated heterocycles. The highest BCUT2D eigenvalue weighted by atomic mass is 79.9. The lowest BCUT2D eigenvalue weighted by Crippen LogP contribution is -1.98. The highest BCUT2D eigenvalue weighted by Crippen LogP contribution is 2.36. The molecule has 0 aliphatic rings. The summed E-state index contributed by atoms with van der Waals surface area (Å²) in [6.07, 6.45) is 0. The Bertz CT molecular complexity index is 646. The molecule has 106 valence electrons. The molecular weight excluding hydrogens is 345 g/mol. The molecule has 20 heavy (non-hydrogen) atoms. The Balaban J connectivity index is 2.42. The van der Waals surface area contributed by atoms with Gasteiger partial charge in [0, 0.05) is 10.5 Å². The van der Waals surface area contributed by atoms with Crippen LogP contribution in [0.4, 0.5) is 10.1 Å². The van der Waals surface area contributed by atoms with E-state index in [-0.39, 0.29) is 16.7 Å². The number of ether oxygens (including phenoxy) is 1. The van der Waals surface area contributed by atoms with Gasteiger partial charge in [-0.3, -0.25) is 0 Å². The van der Waals surface area contributed by atoms with E-state index >= 15 is 0 Å². The third kappa shape index (κ3) is 3.25. The molecule has 2 N–H and O–H groups in total. The molecule has 2 aromatic rings. The zero-order valence-corrected chi connectivity index (χ0v) is 13.4. The first kappa shape index (κ1) is 15.1. The van der Waals surface area contributed by atoms with Gasteiger partial charge in [0.25, 0.3) is 0 Å². The van der Waals surface area contributed by atoms with Gasteiger partial charge in [0.05, 0.1) is 10.7 Å². The molecule has 0 bridgehead atoms. The molecule has 0 amide bonds. The van der Waals surface area contributed by atoms with E-state index in [9.17, 15) is 4.39 Å². The second-order valence-electron chi connectivity index (χ2n) is 4.74. The third-order valence-electron chi connectivity index (χ3n) is 2.87. The standard InChI is InChI=1S/C15H14BrClFNO/c1-8(2)10-5-9(16)3-4-14(10)20-15-7-12(18)11(17)6-13(15)19/h3-8H,19H2,1-2H3. The van der Waals surface area contributed by atoms with Gasteiger partial charge in [-0.15, -0.1) is 0 Å². The molecule has 0 radical (unpaired) electrons. The van der Waals surface area contributed by atoms with E-state index < -0.39 is 5.82 Å². The monoisotopic (exact) mass is 357 g/mol. The quantitative estimate of drug-likeness (QED) is 0.710. The molecule has 5 heteroatoms. The lowest BCUT2D eigenvalue weighted by molar-refractivity contribution is 0.470. The van der Waals surface area contributed by atoms with Gasteiger partial charge >= 0.3 is 0 Å². The summed E-state index contributed by atoms with van der Waals surface area (Å²) in [7, 11) is 0. The maximum absolute atomic E-state index is 13.5. The Labute approximate surface area is 130 Å². The maximum atomic E-state index is 13.5. The Morgan fingerprint density at radius 1 is 1.20 bits per heavy atom. The fourth-order valence-electron chi connectivity index (χ4n) is 1.81. The number of hydrogen-bond acceptors (Lipinski definition) is 2. The summed E-state index contributed by atoms with van der Waals surface area (Å²) in [5, 5.41) is -0.0188. The molecule has 0 fully saturated rings. The molecule has 0 atom stereocenters. The van der Waals surface area contributed by atoms with Crippen molar-refractivity contribution in [2.75, 3.05) is 5.73 Å². The molecule has 0 heterocycles. The van der Waals surface area contributed by atoms with Gasteiger partial charge < -0.3 is 10.5 Å². The molecule has 0 saturated carbocycles. The smallest absolute Gasteiger partial charge is 0.153 e. The first-order valence-corrected chi connectivity index (χ1v) is 7.27. The number of rotatable bonds is 3. The van der Waals surface area contributed by atoms with Gasteiger partial charge in [0.1, 0.15) is 11.6 Å². The average molecular weight is 359 g/mol. The van der Waals surface area contributed by atoms with Crippen LogP contribution in [-0.2, 0) is 0 Å². The van der Waals surface area contributed by atoms with Crippen LogP contribution in [0.2, 0.25) is 5.02 Å². The predicted octanol–water partition coefficient (Wildman–Crippen LogP) is 5.74. The predicted molar refractivity (Wildman–Crippen MR) is 84.1 cm³/mol. The highest BCUT2D eigenvalue weighted by molar-refractivity contribution is 9.10. The van der Waals surface area contributed by atoms with Gasteiger partial charge in [-0.2, -0.15) is 0 Å². The summed E-state index contributed by atoms with van der Waals surface area (Å²) < 4.78 is 20.2. The summed E-state index contributed by atoms with van der Waals surface area (Å²) in [5.74, 6) is 0.618. The summed E-state index contributed by atoms with van der Waals surface area (Å²) in [6, 6.07) is 8.21. The van der Waals surface area contributed by atoms with Crippen LogP contribution in [0.25, 0.3) is 0 Å². The maximum Gasteiger partial charge on any atom is 0.153 e. The van der Waals surface area contributed by atoms with E-state index in [2.05, 4.69) is 29.8 Å². The summed E-state index contributed by atoms with van der Waals surface area (Å²) >= 11 is 9.10. The van der Waals surface area contributed by atoms with Gasteiger partial charge in [-0.05, 0) is 35.7 Å². The second kappa shape index (κ2) is 6.02. The SMILES string of the molecule is CC(C)c1cc(Br)ccc1Oc1cc(F)c(Cl)cc1N. The van der Waals surface area contributed by atoms with Gasteiger partial charge in [0.15, 0.2) is 5.75 Å². The first-order chi connectivity index (χ1) is 9.38. The Kier molecular flexibility index (Phi) is 4.55. The topological polar surface area (TPSA) is 35.2 Å². The molecule has 0 unspecified atom stereocenters. The van der Waals surface area contributed by atoms with Crippen LogP contribution >= 0.6 is 27.5 Å². The van der Waals surface area contributed by atoms with E-state index in [0.717, 1.165) is 10.0 Å². The number of nitrogens with two attached hydrogens (primary N) is 1. The Hall–Kier alpha value is -1.26. The molecule has 2 nitrogen and oxygen atoms in total. The lowest BCUT2D eigenvalue weighted by atomic mass is 10.0. The van der Waals surface area contributed by atoms with Crippen molar-refractivity contribution in [3.05, 3.63) is 51.2 Å². The van der Waals surface area contributed by atoms with Crippen LogP contribution in [0.1, 0.15) is 25.3 Å². The largest absolute Gasteiger partial charge is 0.455 e. The number of nitrogen functional groups attached to an aromatic ring is 1. The van der Waals surface area contributed by atoms with Crippen LogP contribution in [0.3, 0.4) is 0 Å². The highest BCUT2D eigenvalue weighted by Gasteiger charge is 2.13. The van der Waals surface area contributed by atoms with Crippen molar-refractivity contribution < 1.29 is 9.13 Å². The average Bonchev–Trinajstić information content (AvgIpc) is 2.37. The van der Waals surface area contributed by atoms with Crippen molar-refractivity contribution in [1.29, 1.82) is 0 Å². The number of benzene rings is 2.